The molecule has 0 fully saturated rings. The molecule has 0 unspecified atom stereocenters. The smallest absolute Gasteiger partial charge is 0.243 e. The lowest BCUT2D eigenvalue weighted by Crippen LogP contribution is -2.33. The highest BCUT2D eigenvalue weighted by atomic mass is 35.5. The first kappa shape index (κ1) is 17.3. The number of nitrogens with one attached hydrogen (secondary N) is 1. The number of sulfonamides is 1. The molecule has 0 aliphatic heterocycles. The Balaban J connectivity index is 0.00000289. The minimum atomic E-state index is -3.53. The molecule has 0 aromatic heterocycles. The van der Waals surface area contributed by atoms with Crippen LogP contribution in [0.1, 0.15) is 5.56 Å². The van der Waals surface area contributed by atoms with Gasteiger partial charge in [-0.25, -0.2) is 12.8 Å². The molecule has 1 aromatic carbocycles. The van der Waals surface area contributed by atoms with Crippen molar-refractivity contribution in [3.8, 4) is 0 Å². The summed E-state index contributed by atoms with van der Waals surface area (Å²) in [5, 5.41) is 2.88. The first-order valence-electron chi connectivity index (χ1n) is 5.26. The van der Waals surface area contributed by atoms with Crippen molar-refractivity contribution in [2.45, 2.75) is 11.8 Å². The average molecular weight is 297 g/mol. The van der Waals surface area contributed by atoms with E-state index >= 15 is 0 Å². The minimum absolute atomic E-state index is 0. The molecule has 0 amide bonds. The van der Waals surface area contributed by atoms with Crippen LogP contribution in [-0.2, 0) is 10.0 Å². The lowest BCUT2D eigenvalue weighted by atomic mass is 10.2. The molecule has 0 saturated carbocycles. The third-order valence-corrected chi connectivity index (χ3v) is 4.52. The topological polar surface area (TPSA) is 49.4 Å². The van der Waals surface area contributed by atoms with Crippen molar-refractivity contribution in [3.05, 3.63) is 29.6 Å². The zero-order valence-electron chi connectivity index (χ0n) is 10.6. The van der Waals surface area contributed by atoms with E-state index < -0.39 is 15.8 Å². The Morgan fingerprint density at radius 2 is 2.00 bits per heavy atom. The van der Waals surface area contributed by atoms with Gasteiger partial charge in [0.05, 0.1) is 4.90 Å². The van der Waals surface area contributed by atoms with Crippen molar-refractivity contribution in [3.63, 3.8) is 0 Å². The van der Waals surface area contributed by atoms with Crippen LogP contribution in [0.5, 0.6) is 0 Å². The van der Waals surface area contributed by atoms with Gasteiger partial charge in [0.2, 0.25) is 10.0 Å². The molecule has 0 spiro atoms. The van der Waals surface area contributed by atoms with Crippen LogP contribution in [0.25, 0.3) is 0 Å². The van der Waals surface area contributed by atoms with Crippen LogP contribution >= 0.6 is 12.4 Å². The summed E-state index contributed by atoms with van der Waals surface area (Å²) in [6.45, 7) is 2.52. The van der Waals surface area contributed by atoms with Crippen molar-refractivity contribution < 1.29 is 12.8 Å². The molecular weight excluding hydrogens is 279 g/mol. The lowest BCUT2D eigenvalue weighted by Gasteiger charge is -2.18. The number of benzene rings is 1. The Morgan fingerprint density at radius 1 is 1.39 bits per heavy atom. The Kier molecular flexibility index (Phi) is 6.77. The number of hydrogen-bond acceptors (Lipinski definition) is 3. The zero-order chi connectivity index (χ0) is 13.1. The third-order valence-electron chi connectivity index (χ3n) is 2.50. The Hall–Kier alpha value is -0.690. The predicted octanol–water partition coefficient (Wildman–Crippen LogP) is 1.40. The minimum Gasteiger partial charge on any atom is -0.318 e. The Bertz CT molecular complexity index is 494. The van der Waals surface area contributed by atoms with E-state index in [-0.39, 0.29) is 17.3 Å². The summed E-state index contributed by atoms with van der Waals surface area (Å²) in [6, 6.07) is 3.68. The highest BCUT2D eigenvalue weighted by molar-refractivity contribution is 7.89. The second-order valence-electron chi connectivity index (χ2n) is 3.84. The second kappa shape index (κ2) is 7.04. The maximum absolute atomic E-state index is 12.9. The molecular formula is C11H18ClFN2O2S. The van der Waals surface area contributed by atoms with Crippen LogP contribution in [0.4, 0.5) is 4.39 Å². The highest BCUT2D eigenvalue weighted by Crippen LogP contribution is 2.19. The van der Waals surface area contributed by atoms with Crippen molar-refractivity contribution >= 4 is 22.4 Å². The van der Waals surface area contributed by atoms with Gasteiger partial charge in [0, 0.05) is 20.1 Å². The normalized spacial score (nSPS) is 11.4. The lowest BCUT2D eigenvalue weighted by molar-refractivity contribution is 0.465. The van der Waals surface area contributed by atoms with Gasteiger partial charge in [-0.2, -0.15) is 4.31 Å². The number of hydrogen-bond donors (Lipinski definition) is 1. The van der Waals surface area contributed by atoms with E-state index in [9.17, 15) is 12.8 Å². The van der Waals surface area contributed by atoms with Gasteiger partial charge in [-0.15, -0.1) is 12.4 Å². The molecule has 0 saturated heterocycles. The average Bonchev–Trinajstić information content (AvgIpc) is 2.25. The number of rotatable bonds is 5. The first-order chi connectivity index (χ1) is 7.89. The summed E-state index contributed by atoms with van der Waals surface area (Å²) in [4.78, 5) is 0.150. The second-order valence-corrected chi connectivity index (χ2v) is 5.85. The fourth-order valence-electron chi connectivity index (χ4n) is 1.46. The molecule has 0 heterocycles. The van der Waals surface area contributed by atoms with Gasteiger partial charge in [-0.05, 0) is 37.7 Å². The summed E-state index contributed by atoms with van der Waals surface area (Å²) < 4.78 is 38.5. The zero-order valence-corrected chi connectivity index (χ0v) is 12.2. The molecule has 104 valence electrons. The van der Waals surface area contributed by atoms with Crippen molar-refractivity contribution in [2.24, 2.45) is 0 Å². The van der Waals surface area contributed by atoms with E-state index in [4.69, 9.17) is 0 Å². The van der Waals surface area contributed by atoms with E-state index in [1.807, 2.05) is 0 Å². The number of halogens is 2. The summed E-state index contributed by atoms with van der Waals surface area (Å²) in [6.07, 6.45) is 0. The molecule has 7 heteroatoms. The quantitative estimate of drug-likeness (QED) is 0.893. The van der Waals surface area contributed by atoms with Crippen LogP contribution in [0.15, 0.2) is 23.1 Å². The maximum Gasteiger partial charge on any atom is 0.243 e. The van der Waals surface area contributed by atoms with Crippen LogP contribution in [0, 0.1) is 12.7 Å². The molecule has 0 radical (unpaired) electrons. The van der Waals surface area contributed by atoms with Crippen LogP contribution in [0.2, 0.25) is 0 Å². The monoisotopic (exact) mass is 296 g/mol. The van der Waals surface area contributed by atoms with Gasteiger partial charge in [-0.3, -0.25) is 0 Å². The number of aryl methyl sites for hydroxylation is 1. The fraction of sp³-hybridized carbons (Fsp3) is 0.455. The van der Waals surface area contributed by atoms with Gasteiger partial charge in [0.15, 0.2) is 0 Å². The molecule has 1 rings (SSSR count). The molecule has 1 aromatic rings. The van der Waals surface area contributed by atoms with Crippen LogP contribution < -0.4 is 5.32 Å². The van der Waals surface area contributed by atoms with E-state index in [2.05, 4.69) is 5.32 Å². The summed E-state index contributed by atoms with van der Waals surface area (Å²) in [7, 11) is -0.269. The van der Waals surface area contributed by atoms with Gasteiger partial charge in [0.25, 0.3) is 0 Å². The van der Waals surface area contributed by atoms with Crippen molar-refractivity contribution in [1.29, 1.82) is 0 Å². The molecule has 0 bridgehead atoms. The Morgan fingerprint density at radius 3 is 2.50 bits per heavy atom. The highest BCUT2D eigenvalue weighted by Gasteiger charge is 2.22. The standard InChI is InChI=1S/C11H17FN2O2S.ClH/c1-9-8-10(12)4-5-11(9)17(15,16)14(3)7-6-13-2;/h4-5,8,13H,6-7H2,1-3H3;1H. The summed E-state index contributed by atoms with van der Waals surface area (Å²) >= 11 is 0. The van der Waals surface area contributed by atoms with Crippen LogP contribution in [0.3, 0.4) is 0 Å². The fourth-order valence-corrected chi connectivity index (χ4v) is 2.83. The SMILES string of the molecule is CNCCN(C)S(=O)(=O)c1ccc(F)cc1C.Cl. The first-order valence-corrected chi connectivity index (χ1v) is 6.70. The molecule has 18 heavy (non-hydrogen) atoms. The van der Waals surface area contributed by atoms with Gasteiger partial charge < -0.3 is 5.32 Å². The molecule has 1 N–H and O–H groups in total. The molecule has 0 aliphatic carbocycles. The van der Waals surface area contributed by atoms with E-state index in [0.29, 0.717) is 18.7 Å². The van der Waals surface area contributed by atoms with Crippen molar-refractivity contribution in [1.82, 2.24) is 9.62 Å². The number of nitrogens with zero attached hydrogens (tertiary/aromatic N) is 1. The summed E-state index contributed by atoms with van der Waals surface area (Å²) in [5.41, 5.74) is 0.418. The van der Waals surface area contributed by atoms with Crippen molar-refractivity contribution in [2.75, 3.05) is 27.2 Å². The Labute approximate surface area is 114 Å². The largest absolute Gasteiger partial charge is 0.318 e. The van der Waals surface area contributed by atoms with E-state index in [1.54, 1.807) is 14.0 Å². The predicted molar refractivity (Wildman–Crippen MR) is 72.1 cm³/mol. The van der Waals surface area contributed by atoms with Crippen LogP contribution in [-0.4, -0.2) is 39.9 Å². The van der Waals surface area contributed by atoms with Gasteiger partial charge in [-0.1, -0.05) is 0 Å². The molecule has 0 aliphatic rings. The molecule has 0 atom stereocenters. The number of likely N-dealkylation sites (N-methyl/N-ethyl adjacent to an activating group) is 2. The third kappa shape index (κ3) is 3.91. The summed E-state index contributed by atoms with van der Waals surface area (Å²) in [5.74, 6) is -0.431. The van der Waals surface area contributed by atoms with E-state index in [0.717, 1.165) is 6.07 Å². The maximum atomic E-state index is 12.9. The molecule has 4 nitrogen and oxygen atoms in total. The van der Waals surface area contributed by atoms with Gasteiger partial charge in [0.1, 0.15) is 5.82 Å². The van der Waals surface area contributed by atoms with E-state index in [1.165, 1.54) is 23.5 Å². The van der Waals surface area contributed by atoms with Gasteiger partial charge >= 0.3 is 0 Å².